The van der Waals surface area contributed by atoms with E-state index in [2.05, 4.69) is 10.2 Å². The minimum absolute atomic E-state index is 0.0170. The molecule has 2 aromatic rings. The third kappa shape index (κ3) is 5.91. The summed E-state index contributed by atoms with van der Waals surface area (Å²) in [4.78, 5) is 14.7. The Bertz CT molecular complexity index is 827. The number of rotatable bonds is 7. The van der Waals surface area contributed by atoms with Crippen LogP contribution in [0.3, 0.4) is 0 Å². The van der Waals surface area contributed by atoms with Crippen LogP contribution in [0.2, 0.25) is 0 Å². The molecule has 1 heterocycles. The predicted molar refractivity (Wildman–Crippen MR) is 107 cm³/mol. The highest BCUT2D eigenvalue weighted by molar-refractivity contribution is 7.91. The number of nitrogens with zero attached hydrogens (tertiary/aromatic N) is 1. The zero-order chi connectivity index (χ0) is 19.3. The Morgan fingerprint density at radius 1 is 1.00 bits per heavy atom. The van der Waals surface area contributed by atoms with Crippen LogP contribution in [0, 0.1) is 0 Å². The van der Waals surface area contributed by atoms with E-state index in [-0.39, 0.29) is 24.0 Å². The molecule has 1 unspecified atom stereocenters. The van der Waals surface area contributed by atoms with Crippen LogP contribution in [0.4, 0.5) is 0 Å². The van der Waals surface area contributed by atoms with Crippen molar-refractivity contribution in [1.82, 2.24) is 10.2 Å². The molecule has 6 heteroatoms. The van der Waals surface area contributed by atoms with Crippen LogP contribution in [0.5, 0.6) is 0 Å². The third-order valence-electron chi connectivity index (χ3n) is 4.81. The molecule has 0 radical (unpaired) electrons. The normalized spacial score (nSPS) is 21.3. The van der Waals surface area contributed by atoms with E-state index in [0.717, 1.165) is 11.1 Å². The summed E-state index contributed by atoms with van der Waals surface area (Å²) >= 11 is 0. The smallest absolute Gasteiger partial charge is 0.234 e. The highest BCUT2D eigenvalue weighted by Gasteiger charge is 2.39. The van der Waals surface area contributed by atoms with Crippen LogP contribution in [0.15, 0.2) is 60.7 Å². The molecular formula is C21H26N2O3S. The summed E-state index contributed by atoms with van der Waals surface area (Å²) in [5, 5.41) is 2.95. The molecule has 1 aliphatic rings. The lowest BCUT2D eigenvalue weighted by atomic mass is 10.0. The van der Waals surface area contributed by atoms with Gasteiger partial charge in [-0.3, -0.25) is 9.69 Å². The van der Waals surface area contributed by atoms with Crippen molar-refractivity contribution < 1.29 is 13.2 Å². The lowest BCUT2D eigenvalue weighted by Crippen LogP contribution is -2.50. The van der Waals surface area contributed by atoms with Gasteiger partial charge in [0.15, 0.2) is 9.84 Å². The number of amides is 1. The van der Waals surface area contributed by atoms with E-state index in [1.165, 1.54) is 0 Å². The first-order chi connectivity index (χ1) is 12.8. The number of sulfone groups is 1. The molecule has 1 aliphatic heterocycles. The number of nitrogens with one attached hydrogen (secondary N) is 1. The molecule has 1 fully saturated rings. The minimum atomic E-state index is -3.05. The van der Waals surface area contributed by atoms with Crippen molar-refractivity contribution in [2.24, 2.45) is 0 Å². The fraction of sp³-hybridized carbons (Fsp3) is 0.381. The summed E-state index contributed by atoms with van der Waals surface area (Å²) in [6.07, 6.45) is 0.471. The lowest BCUT2D eigenvalue weighted by Gasteiger charge is -2.27. The van der Waals surface area contributed by atoms with Gasteiger partial charge in [-0.25, -0.2) is 8.42 Å². The SMILES string of the molecule is CC1(NC(=O)CN(Cc2ccccc2)Cc2ccccc2)CCS(=O)(=O)C1. The zero-order valence-corrected chi connectivity index (χ0v) is 16.4. The van der Waals surface area contributed by atoms with Crippen LogP contribution in [-0.2, 0) is 27.7 Å². The number of benzene rings is 2. The minimum Gasteiger partial charge on any atom is -0.349 e. The Morgan fingerprint density at radius 2 is 1.52 bits per heavy atom. The van der Waals surface area contributed by atoms with Gasteiger partial charge >= 0.3 is 0 Å². The van der Waals surface area contributed by atoms with Crippen LogP contribution in [-0.4, -0.2) is 42.8 Å². The van der Waals surface area contributed by atoms with E-state index in [9.17, 15) is 13.2 Å². The highest BCUT2D eigenvalue weighted by Crippen LogP contribution is 2.22. The summed E-state index contributed by atoms with van der Waals surface area (Å²) < 4.78 is 23.5. The molecule has 1 amide bonds. The second-order valence-corrected chi connectivity index (χ2v) is 9.75. The summed E-state index contributed by atoms with van der Waals surface area (Å²) in [7, 11) is -3.05. The Balaban J connectivity index is 1.67. The first kappa shape index (κ1) is 19.6. The van der Waals surface area contributed by atoms with Crippen LogP contribution in [0.1, 0.15) is 24.5 Å². The number of hydrogen-bond acceptors (Lipinski definition) is 4. The van der Waals surface area contributed by atoms with Crippen LogP contribution in [0.25, 0.3) is 0 Å². The van der Waals surface area contributed by atoms with Crippen LogP contribution >= 0.6 is 0 Å². The van der Waals surface area contributed by atoms with Gasteiger partial charge in [-0.2, -0.15) is 0 Å². The van der Waals surface area contributed by atoms with Gasteiger partial charge in [-0.05, 0) is 24.5 Å². The fourth-order valence-electron chi connectivity index (χ4n) is 3.54. The molecule has 2 aromatic carbocycles. The van der Waals surface area contributed by atoms with Crippen molar-refractivity contribution in [2.75, 3.05) is 18.1 Å². The van der Waals surface area contributed by atoms with Gasteiger partial charge in [0.25, 0.3) is 0 Å². The Kier molecular flexibility index (Phi) is 5.97. The summed E-state index contributed by atoms with van der Waals surface area (Å²) in [6, 6.07) is 20.1. The summed E-state index contributed by atoms with van der Waals surface area (Å²) in [6.45, 7) is 3.34. The van der Waals surface area contributed by atoms with Gasteiger partial charge in [-0.1, -0.05) is 60.7 Å². The molecule has 0 aliphatic carbocycles. The molecule has 3 rings (SSSR count). The van der Waals surface area contributed by atoms with Crippen molar-refractivity contribution in [2.45, 2.75) is 32.0 Å². The fourth-order valence-corrected chi connectivity index (χ4v) is 5.63. The van der Waals surface area contributed by atoms with E-state index in [4.69, 9.17) is 0 Å². The van der Waals surface area contributed by atoms with Gasteiger partial charge < -0.3 is 5.32 Å². The van der Waals surface area contributed by atoms with Gasteiger partial charge in [0.05, 0.1) is 23.6 Å². The quantitative estimate of drug-likeness (QED) is 0.793. The van der Waals surface area contributed by atoms with E-state index in [1.807, 2.05) is 67.6 Å². The molecule has 1 N–H and O–H groups in total. The Hall–Kier alpha value is -2.18. The molecule has 1 atom stereocenters. The Morgan fingerprint density at radius 3 is 1.96 bits per heavy atom. The van der Waals surface area contributed by atoms with Crippen molar-refractivity contribution in [3.05, 3.63) is 71.8 Å². The maximum atomic E-state index is 12.7. The second kappa shape index (κ2) is 8.23. The molecule has 0 saturated carbocycles. The van der Waals surface area contributed by atoms with Crippen molar-refractivity contribution in [3.63, 3.8) is 0 Å². The summed E-state index contributed by atoms with van der Waals surface area (Å²) in [5.41, 5.74) is 1.60. The van der Waals surface area contributed by atoms with Gasteiger partial charge in [0.2, 0.25) is 5.91 Å². The highest BCUT2D eigenvalue weighted by atomic mass is 32.2. The zero-order valence-electron chi connectivity index (χ0n) is 15.6. The van der Waals surface area contributed by atoms with E-state index in [1.54, 1.807) is 0 Å². The van der Waals surface area contributed by atoms with E-state index >= 15 is 0 Å². The predicted octanol–water partition coefficient (Wildman–Crippen LogP) is 2.38. The largest absolute Gasteiger partial charge is 0.349 e. The first-order valence-corrected chi connectivity index (χ1v) is 11.0. The molecule has 144 valence electrons. The van der Waals surface area contributed by atoms with Crippen molar-refractivity contribution >= 4 is 15.7 Å². The van der Waals surface area contributed by atoms with Crippen LogP contribution < -0.4 is 5.32 Å². The van der Waals surface area contributed by atoms with Gasteiger partial charge in [0.1, 0.15) is 0 Å². The van der Waals surface area contributed by atoms with Crippen molar-refractivity contribution in [1.29, 1.82) is 0 Å². The van der Waals surface area contributed by atoms with E-state index < -0.39 is 15.4 Å². The standard InChI is InChI=1S/C21H26N2O3S/c1-21(12-13-27(25,26)17-21)22-20(24)16-23(14-18-8-4-2-5-9-18)15-19-10-6-3-7-11-19/h2-11H,12-17H2,1H3,(H,22,24). The Labute approximate surface area is 161 Å². The maximum absolute atomic E-state index is 12.7. The first-order valence-electron chi connectivity index (χ1n) is 9.15. The topological polar surface area (TPSA) is 66.5 Å². The molecule has 0 bridgehead atoms. The number of hydrogen-bond donors (Lipinski definition) is 1. The van der Waals surface area contributed by atoms with Crippen molar-refractivity contribution in [3.8, 4) is 0 Å². The average Bonchev–Trinajstić information content (AvgIpc) is 2.89. The molecule has 27 heavy (non-hydrogen) atoms. The second-order valence-electron chi connectivity index (χ2n) is 7.57. The van der Waals surface area contributed by atoms with Gasteiger partial charge in [0, 0.05) is 13.1 Å². The number of carbonyl (C=O) groups excluding carboxylic acids is 1. The summed E-state index contributed by atoms with van der Waals surface area (Å²) in [5.74, 6) is 0.0198. The number of carbonyl (C=O) groups is 1. The van der Waals surface area contributed by atoms with Gasteiger partial charge in [-0.15, -0.1) is 0 Å². The van der Waals surface area contributed by atoms with E-state index in [0.29, 0.717) is 19.5 Å². The third-order valence-corrected chi connectivity index (χ3v) is 6.71. The maximum Gasteiger partial charge on any atom is 0.234 e. The monoisotopic (exact) mass is 386 g/mol. The molecular weight excluding hydrogens is 360 g/mol. The molecule has 1 saturated heterocycles. The molecule has 0 aromatic heterocycles. The molecule has 5 nitrogen and oxygen atoms in total. The average molecular weight is 387 g/mol. The lowest BCUT2D eigenvalue weighted by molar-refractivity contribution is -0.124. The molecule has 0 spiro atoms.